The number of aromatic hydroxyl groups is 1. The number of nitrogens with one attached hydrogen (secondary N) is 1. The number of benzene rings is 2. The zero-order chi connectivity index (χ0) is 20.8. The second-order valence-electron chi connectivity index (χ2n) is 6.56. The minimum Gasteiger partial charge on any atom is -0.508 e. The van der Waals surface area contributed by atoms with Gasteiger partial charge in [-0.3, -0.25) is 9.59 Å². The van der Waals surface area contributed by atoms with Crippen molar-refractivity contribution in [2.75, 3.05) is 6.54 Å². The molecule has 0 fully saturated rings. The van der Waals surface area contributed by atoms with E-state index in [1.807, 2.05) is 30.3 Å². The van der Waals surface area contributed by atoms with Gasteiger partial charge in [-0.05, 0) is 23.3 Å². The molecule has 0 bridgehead atoms. The minimum atomic E-state index is -1.01. The molecule has 7 nitrogen and oxygen atoms in total. The van der Waals surface area contributed by atoms with E-state index in [-0.39, 0.29) is 30.3 Å². The lowest BCUT2D eigenvalue weighted by molar-refractivity contribution is 0.0901. The lowest BCUT2D eigenvalue weighted by Crippen LogP contribution is -2.32. The highest BCUT2D eigenvalue weighted by Crippen LogP contribution is 2.18. The Morgan fingerprint density at radius 3 is 2.62 bits per heavy atom. The van der Waals surface area contributed by atoms with E-state index < -0.39 is 17.4 Å². The third kappa shape index (κ3) is 5.03. The van der Waals surface area contributed by atoms with Crippen LogP contribution in [-0.4, -0.2) is 27.2 Å². The molecule has 3 N–H and O–H groups in total. The predicted octanol–water partition coefficient (Wildman–Crippen LogP) is 2.13. The van der Waals surface area contributed by atoms with Crippen LogP contribution in [0, 0.1) is 0 Å². The van der Waals surface area contributed by atoms with E-state index in [9.17, 15) is 19.8 Å². The van der Waals surface area contributed by atoms with Gasteiger partial charge < -0.3 is 24.8 Å². The number of carbonyl (C=O) groups excluding carboxylic acids is 1. The summed E-state index contributed by atoms with van der Waals surface area (Å²) in [5.74, 6) is -0.578. The molecule has 0 aliphatic rings. The number of pyridine rings is 1. The van der Waals surface area contributed by atoms with Crippen molar-refractivity contribution in [3.63, 3.8) is 0 Å². The number of aliphatic hydroxyl groups is 1. The molecule has 3 rings (SSSR count). The molecule has 2 aromatic carbocycles. The summed E-state index contributed by atoms with van der Waals surface area (Å²) in [6.45, 7) is 0.0514. The number of aliphatic hydroxyl groups excluding tert-OH is 1. The van der Waals surface area contributed by atoms with Crippen molar-refractivity contribution in [1.29, 1.82) is 0 Å². The average molecular weight is 394 g/mol. The van der Waals surface area contributed by atoms with Crippen molar-refractivity contribution in [3.8, 4) is 11.5 Å². The molecule has 1 aromatic heterocycles. The van der Waals surface area contributed by atoms with Gasteiger partial charge >= 0.3 is 0 Å². The summed E-state index contributed by atoms with van der Waals surface area (Å²) in [4.78, 5) is 25.1. The Kier molecular flexibility index (Phi) is 6.31. The van der Waals surface area contributed by atoms with E-state index in [2.05, 4.69) is 5.32 Å². The molecule has 0 aliphatic heterocycles. The summed E-state index contributed by atoms with van der Waals surface area (Å²) in [5.41, 5.74) is 0.992. The largest absolute Gasteiger partial charge is 0.508 e. The molecule has 0 radical (unpaired) electrons. The van der Waals surface area contributed by atoms with Crippen molar-refractivity contribution >= 4 is 5.91 Å². The maximum atomic E-state index is 12.7. The number of phenols is 1. The number of amides is 1. The van der Waals surface area contributed by atoms with Gasteiger partial charge in [-0.15, -0.1) is 0 Å². The van der Waals surface area contributed by atoms with E-state index >= 15 is 0 Å². The zero-order valence-corrected chi connectivity index (χ0v) is 15.9. The normalized spacial score (nSPS) is 11.7. The van der Waals surface area contributed by atoms with Gasteiger partial charge in [0.1, 0.15) is 12.4 Å². The Morgan fingerprint density at radius 2 is 1.90 bits per heavy atom. The van der Waals surface area contributed by atoms with E-state index in [1.165, 1.54) is 29.0 Å². The van der Waals surface area contributed by atoms with Crippen molar-refractivity contribution in [2.24, 2.45) is 7.05 Å². The number of nitrogens with zero attached hydrogens (tertiary/aromatic N) is 1. The van der Waals surface area contributed by atoms with E-state index in [1.54, 1.807) is 19.2 Å². The third-order valence-electron chi connectivity index (χ3n) is 4.39. The Morgan fingerprint density at radius 1 is 1.14 bits per heavy atom. The van der Waals surface area contributed by atoms with Crippen LogP contribution in [0.5, 0.6) is 11.5 Å². The number of ether oxygens (including phenoxy) is 1. The van der Waals surface area contributed by atoms with Crippen LogP contribution in [0.1, 0.15) is 27.7 Å². The Balaban J connectivity index is 1.75. The first kappa shape index (κ1) is 20.2. The topological polar surface area (TPSA) is 101 Å². The van der Waals surface area contributed by atoms with Crippen LogP contribution in [0.15, 0.2) is 71.7 Å². The number of phenolic OH excluding ortho intramolecular Hbond substituents is 1. The Bertz CT molecular complexity index is 1050. The van der Waals surface area contributed by atoms with Crippen LogP contribution >= 0.6 is 0 Å². The first-order valence-corrected chi connectivity index (χ1v) is 9.07. The maximum Gasteiger partial charge on any atom is 0.272 e. The summed E-state index contributed by atoms with van der Waals surface area (Å²) in [5, 5.41) is 22.4. The summed E-state index contributed by atoms with van der Waals surface area (Å²) in [6.07, 6.45) is 0.471. The number of carbonyl (C=O) groups is 1. The summed E-state index contributed by atoms with van der Waals surface area (Å²) in [7, 11) is 1.63. The van der Waals surface area contributed by atoms with Gasteiger partial charge in [-0.2, -0.15) is 0 Å². The molecule has 3 aromatic rings. The molecule has 1 unspecified atom stereocenters. The number of aromatic nitrogens is 1. The Labute approximate surface area is 167 Å². The lowest BCUT2D eigenvalue weighted by atomic mass is 10.1. The monoisotopic (exact) mass is 394 g/mol. The van der Waals surface area contributed by atoms with Gasteiger partial charge in [0, 0.05) is 25.9 Å². The second-order valence-corrected chi connectivity index (χ2v) is 6.56. The first-order valence-electron chi connectivity index (χ1n) is 9.07. The minimum absolute atomic E-state index is 0.0231. The molecule has 1 heterocycles. The molecular weight excluding hydrogens is 372 g/mol. The second kappa shape index (κ2) is 9.07. The lowest BCUT2D eigenvalue weighted by Gasteiger charge is -2.16. The summed E-state index contributed by atoms with van der Waals surface area (Å²) in [6, 6.07) is 16.8. The molecule has 0 saturated carbocycles. The number of rotatable bonds is 7. The van der Waals surface area contributed by atoms with Crippen molar-refractivity contribution in [1.82, 2.24) is 9.88 Å². The van der Waals surface area contributed by atoms with Crippen LogP contribution in [-0.2, 0) is 13.7 Å². The van der Waals surface area contributed by atoms with Crippen LogP contribution in [0.4, 0.5) is 0 Å². The van der Waals surface area contributed by atoms with Crippen LogP contribution in [0.3, 0.4) is 0 Å². The summed E-state index contributed by atoms with van der Waals surface area (Å²) < 4.78 is 7.17. The number of aryl methyl sites for hydroxylation is 1. The number of hydrogen-bond donors (Lipinski definition) is 3. The molecule has 7 heteroatoms. The maximum absolute atomic E-state index is 12.7. The zero-order valence-electron chi connectivity index (χ0n) is 15.9. The molecule has 0 saturated heterocycles. The van der Waals surface area contributed by atoms with E-state index in [0.717, 1.165) is 5.56 Å². The molecule has 1 amide bonds. The third-order valence-corrected chi connectivity index (χ3v) is 4.39. The van der Waals surface area contributed by atoms with Gasteiger partial charge in [0.15, 0.2) is 11.4 Å². The standard InChI is InChI=1S/C22H22N2O5/c1-24-11-10-18(26)21(29-14-15-6-3-2-4-7-15)20(24)22(28)23-13-19(27)16-8-5-9-17(25)12-16/h2-12,19,25,27H,13-14H2,1H3,(H,23,28). The smallest absolute Gasteiger partial charge is 0.272 e. The average Bonchev–Trinajstić information content (AvgIpc) is 2.73. The fourth-order valence-corrected chi connectivity index (χ4v) is 2.86. The molecule has 0 spiro atoms. The highest BCUT2D eigenvalue weighted by molar-refractivity contribution is 5.95. The van der Waals surface area contributed by atoms with E-state index in [4.69, 9.17) is 4.74 Å². The highest BCUT2D eigenvalue weighted by atomic mass is 16.5. The van der Waals surface area contributed by atoms with Crippen LogP contribution < -0.4 is 15.5 Å². The molecular formula is C22H22N2O5. The quantitative estimate of drug-likeness (QED) is 0.570. The van der Waals surface area contributed by atoms with Crippen LogP contribution in [0.25, 0.3) is 0 Å². The highest BCUT2D eigenvalue weighted by Gasteiger charge is 2.20. The fourth-order valence-electron chi connectivity index (χ4n) is 2.86. The van der Waals surface area contributed by atoms with Gasteiger partial charge in [-0.1, -0.05) is 42.5 Å². The van der Waals surface area contributed by atoms with Crippen molar-refractivity contribution in [3.05, 3.63) is 93.9 Å². The van der Waals surface area contributed by atoms with Crippen molar-refractivity contribution < 1.29 is 19.7 Å². The van der Waals surface area contributed by atoms with Gasteiger partial charge in [-0.25, -0.2) is 0 Å². The first-order chi connectivity index (χ1) is 14.0. The fraction of sp³-hybridized carbons (Fsp3) is 0.182. The molecule has 1 atom stereocenters. The van der Waals surface area contributed by atoms with Crippen molar-refractivity contribution in [2.45, 2.75) is 12.7 Å². The molecule has 29 heavy (non-hydrogen) atoms. The van der Waals surface area contributed by atoms with E-state index in [0.29, 0.717) is 5.56 Å². The van der Waals surface area contributed by atoms with Gasteiger partial charge in [0.2, 0.25) is 5.43 Å². The van der Waals surface area contributed by atoms with Gasteiger partial charge in [0.25, 0.3) is 5.91 Å². The SMILES string of the molecule is Cn1ccc(=O)c(OCc2ccccc2)c1C(=O)NCC(O)c1cccc(O)c1. The number of hydrogen-bond acceptors (Lipinski definition) is 5. The van der Waals surface area contributed by atoms with Crippen LogP contribution in [0.2, 0.25) is 0 Å². The summed E-state index contributed by atoms with van der Waals surface area (Å²) >= 11 is 0. The molecule has 0 aliphatic carbocycles. The predicted molar refractivity (Wildman–Crippen MR) is 108 cm³/mol. The molecule has 150 valence electrons. The Hall–Kier alpha value is -3.58. The van der Waals surface area contributed by atoms with Gasteiger partial charge in [0.05, 0.1) is 6.10 Å².